The van der Waals surface area contributed by atoms with Gasteiger partial charge in [0.25, 0.3) is 0 Å². The number of phenols is 8. The van der Waals surface area contributed by atoms with E-state index in [9.17, 15) is 40.9 Å². The second-order valence-corrected chi connectivity index (χ2v) is 19.3. The van der Waals surface area contributed by atoms with Gasteiger partial charge in [-0.15, -0.1) is 0 Å². The SMILES string of the molecule is COCCOc1ccc(C2c3cc(c(O)cc3O)C(c3ccc(OCCOC)cc3)c3cc(c(O)cc3O)C(c3ccc(OCCOC)cc3)c3cc(c(O)cc3O)C(c3ccc(OCCOC)cc3)c3cc2c(O)cc3O)cc1. The quantitative estimate of drug-likeness (QED) is 0.0331. The Hall–Kier alpha value is -8.80. The molecule has 0 fully saturated rings. The van der Waals surface area contributed by atoms with Gasteiger partial charge in [0.2, 0.25) is 0 Å². The van der Waals surface area contributed by atoms with Crippen molar-refractivity contribution >= 4 is 0 Å². The Morgan fingerprint density at radius 1 is 0.237 bits per heavy atom. The number of ether oxygens (including phenoxy) is 8. The van der Waals surface area contributed by atoms with Crippen molar-refractivity contribution in [1.82, 2.24) is 0 Å². The van der Waals surface area contributed by atoms with Crippen molar-refractivity contribution in [3.63, 3.8) is 0 Å². The molecule has 0 heterocycles. The largest absolute Gasteiger partial charge is 0.507 e. The van der Waals surface area contributed by atoms with E-state index >= 15 is 0 Å². The lowest BCUT2D eigenvalue weighted by molar-refractivity contribution is 0.146. The van der Waals surface area contributed by atoms with Crippen molar-refractivity contribution in [2.75, 3.05) is 81.3 Å². The van der Waals surface area contributed by atoms with Crippen LogP contribution in [-0.4, -0.2) is 122 Å². The molecular weight excluding hydrogens is 1020 g/mol. The molecule has 0 aromatic heterocycles. The van der Waals surface area contributed by atoms with Crippen molar-refractivity contribution in [2.45, 2.75) is 23.7 Å². The first-order chi connectivity index (χ1) is 38.8. The summed E-state index contributed by atoms with van der Waals surface area (Å²) in [5.74, 6) is -5.12. The third-order valence-electron chi connectivity index (χ3n) is 14.3. The number of hydrogen-bond donors (Lipinski definition) is 8. The lowest BCUT2D eigenvalue weighted by Gasteiger charge is -2.30. The summed E-state index contributed by atoms with van der Waals surface area (Å²) in [5, 5.41) is 98.1. The Morgan fingerprint density at radius 2 is 0.400 bits per heavy atom. The minimum absolute atomic E-state index is 0.197. The zero-order valence-corrected chi connectivity index (χ0v) is 44.7. The van der Waals surface area contributed by atoms with Crippen LogP contribution >= 0.6 is 0 Å². The molecule has 0 atom stereocenters. The summed E-state index contributed by atoms with van der Waals surface area (Å²) < 4.78 is 44.6. The molecule has 8 N–H and O–H groups in total. The predicted molar refractivity (Wildman–Crippen MR) is 298 cm³/mol. The molecule has 1 aliphatic rings. The van der Waals surface area contributed by atoms with Crippen LogP contribution in [0.25, 0.3) is 0 Å². The van der Waals surface area contributed by atoms with Crippen LogP contribution in [0.2, 0.25) is 0 Å². The van der Waals surface area contributed by atoms with E-state index in [2.05, 4.69) is 0 Å². The van der Waals surface area contributed by atoms with E-state index in [1.807, 2.05) is 0 Å². The number of hydrogen-bond acceptors (Lipinski definition) is 16. The predicted octanol–water partition coefficient (Wildman–Crippen LogP) is 10.5. The first-order valence-corrected chi connectivity index (χ1v) is 25.9. The Labute approximate surface area is 463 Å². The van der Waals surface area contributed by atoms with Gasteiger partial charge in [0.1, 0.15) is 95.4 Å². The van der Waals surface area contributed by atoms with Crippen LogP contribution in [0.5, 0.6) is 69.0 Å². The maximum atomic E-state index is 12.3. The van der Waals surface area contributed by atoms with Crippen molar-refractivity contribution < 1.29 is 78.7 Å². The Balaban J connectivity index is 1.38. The molecule has 0 saturated carbocycles. The Kier molecular flexibility index (Phi) is 17.7. The first-order valence-electron chi connectivity index (χ1n) is 25.9. The second-order valence-electron chi connectivity index (χ2n) is 19.3. The van der Waals surface area contributed by atoms with Gasteiger partial charge >= 0.3 is 0 Å². The van der Waals surface area contributed by atoms with Gasteiger partial charge in [0, 0.05) is 121 Å². The van der Waals surface area contributed by atoms with E-state index in [1.165, 1.54) is 24.3 Å². The average molecular weight is 1090 g/mol. The monoisotopic (exact) mass is 1090 g/mol. The molecule has 0 radical (unpaired) electrons. The van der Waals surface area contributed by atoms with Gasteiger partial charge in [-0.3, -0.25) is 0 Å². The molecule has 0 unspecified atom stereocenters. The fourth-order valence-electron chi connectivity index (χ4n) is 10.4. The molecule has 80 heavy (non-hydrogen) atoms. The standard InChI is InChI=1S/C64H64O16/c1-73-21-25-77-41-13-5-37(6-14-41)61-45-29-47(55(67)33-53(45)65)62(38-7-15-42(16-8-38)78-26-22-74-2)49-31-51(59(71)35-57(49)69)64(40-11-19-44(20-12-40)80-28-24-76-4)52-32-50(58(70)36-60(52)72)63(48-30-46(61)54(66)34-56(48)68)39-9-17-43(18-10-39)79-27-23-75-3/h5-20,29-36,61-72H,21-28H2,1-4H3. The number of fused-ring (bicyclic) bond motifs is 8. The fraction of sp³-hybridized carbons (Fsp3) is 0.250. The minimum atomic E-state index is -1.07. The van der Waals surface area contributed by atoms with E-state index in [-0.39, 0.29) is 117 Å². The smallest absolute Gasteiger partial charge is 0.123 e. The first kappa shape index (κ1) is 55.9. The zero-order valence-electron chi connectivity index (χ0n) is 44.7. The van der Waals surface area contributed by atoms with Gasteiger partial charge in [0.15, 0.2) is 0 Å². The van der Waals surface area contributed by atoms with Gasteiger partial charge in [-0.05, 0) is 95.1 Å². The summed E-state index contributed by atoms with van der Waals surface area (Å²) in [4.78, 5) is 0. The molecule has 416 valence electrons. The van der Waals surface area contributed by atoms with Crippen molar-refractivity contribution in [2.24, 2.45) is 0 Å². The number of phenolic OH excluding ortho intramolecular Hbond substituents is 8. The molecule has 0 saturated heterocycles. The number of aromatic hydroxyl groups is 8. The van der Waals surface area contributed by atoms with Crippen LogP contribution in [0.4, 0.5) is 0 Å². The summed E-state index contributed by atoms with van der Waals surface area (Å²) in [6.45, 7) is 2.41. The molecule has 8 bridgehead atoms. The Bertz CT molecular complexity index is 2830. The third-order valence-corrected chi connectivity index (χ3v) is 14.3. The van der Waals surface area contributed by atoms with Crippen LogP contribution < -0.4 is 18.9 Å². The molecule has 0 spiro atoms. The lowest BCUT2D eigenvalue weighted by Crippen LogP contribution is -2.13. The van der Waals surface area contributed by atoms with E-state index in [0.29, 0.717) is 71.7 Å². The number of rotatable bonds is 20. The molecule has 16 heteroatoms. The van der Waals surface area contributed by atoms with Gasteiger partial charge in [-0.25, -0.2) is 0 Å². The zero-order chi connectivity index (χ0) is 56.5. The molecule has 8 aromatic rings. The highest BCUT2D eigenvalue weighted by Crippen LogP contribution is 2.54. The molecule has 0 aliphatic heterocycles. The van der Waals surface area contributed by atoms with Gasteiger partial charge in [0.05, 0.1) is 26.4 Å². The molecule has 8 aromatic carbocycles. The molecule has 16 nitrogen and oxygen atoms in total. The van der Waals surface area contributed by atoms with Crippen LogP contribution in [0.3, 0.4) is 0 Å². The van der Waals surface area contributed by atoms with E-state index in [4.69, 9.17) is 37.9 Å². The highest BCUT2D eigenvalue weighted by atomic mass is 16.5. The van der Waals surface area contributed by atoms with Gasteiger partial charge in [-0.1, -0.05) is 48.5 Å². The summed E-state index contributed by atoms with van der Waals surface area (Å²) in [5.41, 5.74) is 3.72. The number of benzene rings is 8. The van der Waals surface area contributed by atoms with E-state index < -0.39 is 23.7 Å². The lowest BCUT2D eigenvalue weighted by atomic mass is 9.75. The van der Waals surface area contributed by atoms with E-state index in [0.717, 1.165) is 0 Å². The van der Waals surface area contributed by atoms with Crippen LogP contribution in [0.1, 0.15) is 90.4 Å². The van der Waals surface area contributed by atoms with Gasteiger partial charge in [-0.2, -0.15) is 0 Å². The summed E-state index contributed by atoms with van der Waals surface area (Å²) in [6.07, 6.45) is 0. The average Bonchev–Trinajstić information content (AvgIpc) is 3.62. The fourth-order valence-corrected chi connectivity index (χ4v) is 10.4. The maximum Gasteiger partial charge on any atom is 0.123 e. The van der Waals surface area contributed by atoms with Crippen molar-refractivity contribution in [3.8, 4) is 69.0 Å². The third kappa shape index (κ3) is 12.1. The van der Waals surface area contributed by atoms with Crippen molar-refractivity contribution in [3.05, 3.63) is 212 Å². The molecule has 0 amide bonds. The van der Waals surface area contributed by atoms with Crippen LogP contribution in [0, 0.1) is 0 Å². The minimum Gasteiger partial charge on any atom is -0.507 e. The van der Waals surface area contributed by atoms with Crippen LogP contribution in [-0.2, 0) is 18.9 Å². The maximum absolute atomic E-state index is 12.3. The highest BCUT2D eigenvalue weighted by Gasteiger charge is 2.35. The molecule has 1 aliphatic carbocycles. The summed E-state index contributed by atoms with van der Waals surface area (Å²) >= 11 is 0. The van der Waals surface area contributed by atoms with Crippen LogP contribution in [0.15, 0.2) is 146 Å². The molecular formula is C64H64O16. The molecule has 9 rings (SSSR count). The second kappa shape index (κ2) is 25.3. The summed E-state index contributed by atoms with van der Waals surface area (Å²) in [7, 11) is 6.28. The van der Waals surface area contributed by atoms with Crippen molar-refractivity contribution in [1.29, 1.82) is 0 Å². The highest BCUT2D eigenvalue weighted by molar-refractivity contribution is 5.67. The number of methoxy groups -OCH3 is 4. The Morgan fingerprint density at radius 3 is 0.550 bits per heavy atom. The van der Waals surface area contributed by atoms with E-state index in [1.54, 1.807) is 150 Å². The van der Waals surface area contributed by atoms with Gasteiger partial charge < -0.3 is 78.7 Å². The normalized spacial score (nSPS) is 15.8. The summed E-state index contributed by atoms with van der Waals surface area (Å²) in [6, 6.07) is 39.4. The topological polar surface area (TPSA) is 236 Å².